The van der Waals surface area contributed by atoms with Gasteiger partial charge in [-0.2, -0.15) is 0 Å². The van der Waals surface area contributed by atoms with Crippen LogP contribution in [-0.4, -0.2) is 62.0 Å². The number of anilines is 3. The fourth-order valence-electron chi connectivity index (χ4n) is 3.49. The van der Waals surface area contributed by atoms with E-state index in [0.717, 1.165) is 11.5 Å². The molecule has 0 atom stereocenters. The van der Waals surface area contributed by atoms with Crippen LogP contribution in [0.2, 0.25) is 0 Å². The quantitative estimate of drug-likeness (QED) is 0.685. The molecule has 1 aliphatic rings. The highest BCUT2D eigenvalue weighted by Gasteiger charge is 2.23. The summed E-state index contributed by atoms with van der Waals surface area (Å²) in [6.45, 7) is 2.65. The van der Waals surface area contributed by atoms with Gasteiger partial charge in [0.1, 0.15) is 5.82 Å². The smallest absolute Gasteiger partial charge is 0.291 e. The molecule has 8 nitrogen and oxygen atoms in total. The molecule has 0 saturated carbocycles. The molecule has 3 heterocycles. The van der Waals surface area contributed by atoms with E-state index in [1.54, 1.807) is 18.3 Å². The summed E-state index contributed by atoms with van der Waals surface area (Å²) in [7, 11) is 3.92. The highest BCUT2D eigenvalue weighted by atomic mass is 16.3. The van der Waals surface area contributed by atoms with Gasteiger partial charge < -0.3 is 24.4 Å². The molecular weight excluding hydrogens is 394 g/mol. The van der Waals surface area contributed by atoms with E-state index in [1.807, 2.05) is 60.3 Å². The molecule has 1 fully saturated rings. The summed E-state index contributed by atoms with van der Waals surface area (Å²) in [5.74, 6) is 0.802. The second-order valence-electron chi connectivity index (χ2n) is 7.56. The molecule has 8 heteroatoms. The largest absolute Gasteiger partial charge is 0.459 e. The van der Waals surface area contributed by atoms with Crippen LogP contribution >= 0.6 is 0 Å². The number of pyridine rings is 1. The molecule has 4 rings (SSSR count). The first-order chi connectivity index (χ1) is 15.0. The zero-order valence-electron chi connectivity index (χ0n) is 17.6. The lowest BCUT2D eigenvalue weighted by molar-refractivity contribution is 0.0746. The Bertz CT molecular complexity index is 1040. The number of piperazine rings is 1. The van der Waals surface area contributed by atoms with Gasteiger partial charge in [-0.1, -0.05) is 6.07 Å². The molecule has 1 N–H and O–H groups in total. The minimum atomic E-state index is -0.315. The first kappa shape index (κ1) is 20.5. The Hall–Kier alpha value is -3.81. The number of hydrogen-bond donors (Lipinski definition) is 1. The molecule has 2 amide bonds. The van der Waals surface area contributed by atoms with Crippen molar-refractivity contribution in [2.45, 2.75) is 0 Å². The molecule has 160 valence electrons. The number of hydrogen-bond acceptors (Lipinski definition) is 6. The number of benzene rings is 1. The Balaban J connectivity index is 1.34. The SMILES string of the molecule is CN(C)c1cccc(C(=O)N2CCN(c3ccc(NC(=O)c4ccco4)cn3)CC2)c1. The number of nitrogens with zero attached hydrogens (tertiary/aromatic N) is 4. The summed E-state index contributed by atoms with van der Waals surface area (Å²) in [5.41, 5.74) is 2.31. The van der Waals surface area contributed by atoms with Crippen LogP contribution in [0.15, 0.2) is 65.4 Å². The van der Waals surface area contributed by atoms with E-state index in [0.29, 0.717) is 37.4 Å². The van der Waals surface area contributed by atoms with Crippen LogP contribution in [0, 0.1) is 0 Å². The molecule has 1 aromatic carbocycles. The zero-order valence-corrected chi connectivity index (χ0v) is 17.6. The molecule has 2 aromatic heterocycles. The summed E-state index contributed by atoms with van der Waals surface area (Å²) in [4.78, 5) is 35.4. The fraction of sp³-hybridized carbons (Fsp3) is 0.261. The summed E-state index contributed by atoms with van der Waals surface area (Å²) in [5, 5.41) is 2.76. The van der Waals surface area contributed by atoms with Crippen molar-refractivity contribution < 1.29 is 14.0 Å². The van der Waals surface area contributed by atoms with E-state index in [-0.39, 0.29) is 17.6 Å². The Morgan fingerprint density at radius 3 is 2.48 bits per heavy atom. The molecule has 0 radical (unpaired) electrons. The van der Waals surface area contributed by atoms with Crippen LogP contribution in [-0.2, 0) is 0 Å². The third-order valence-electron chi connectivity index (χ3n) is 5.25. The molecule has 0 unspecified atom stereocenters. The second-order valence-corrected chi connectivity index (χ2v) is 7.56. The third-order valence-corrected chi connectivity index (χ3v) is 5.25. The predicted octanol–water partition coefficient (Wildman–Crippen LogP) is 2.96. The highest BCUT2D eigenvalue weighted by molar-refractivity contribution is 6.02. The van der Waals surface area contributed by atoms with E-state index >= 15 is 0 Å². The van der Waals surface area contributed by atoms with Gasteiger partial charge in [-0.05, 0) is 42.5 Å². The standard InChI is InChI=1S/C23H25N5O3/c1-26(2)19-6-3-5-17(15-19)23(30)28-12-10-27(11-13-28)21-9-8-18(16-24-21)25-22(29)20-7-4-14-31-20/h3-9,14-16H,10-13H2,1-2H3,(H,25,29). The molecule has 1 saturated heterocycles. The Morgan fingerprint density at radius 2 is 1.84 bits per heavy atom. The van der Waals surface area contributed by atoms with Crippen molar-refractivity contribution in [3.05, 3.63) is 72.3 Å². The summed E-state index contributed by atoms with van der Waals surface area (Å²) >= 11 is 0. The lowest BCUT2D eigenvalue weighted by atomic mass is 10.1. The van der Waals surface area contributed by atoms with Crippen molar-refractivity contribution >= 4 is 29.0 Å². The van der Waals surface area contributed by atoms with Gasteiger partial charge in [0.2, 0.25) is 0 Å². The van der Waals surface area contributed by atoms with E-state index < -0.39 is 0 Å². The third kappa shape index (κ3) is 4.69. The lowest BCUT2D eigenvalue weighted by Gasteiger charge is -2.35. The number of rotatable bonds is 5. The summed E-state index contributed by atoms with van der Waals surface area (Å²) < 4.78 is 5.09. The summed E-state index contributed by atoms with van der Waals surface area (Å²) in [6, 6.07) is 14.6. The molecule has 1 aliphatic heterocycles. The van der Waals surface area contributed by atoms with Crippen LogP contribution < -0.4 is 15.1 Å². The van der Waals surface area contributed by atoms with Gasteiger partial charge in [0.25, 0.3) is 11.8 Å². The number of furan rings is 1. The van der Waals surface area contributed by atoms with Crippen LogP contribution in [0.3, 0.4) is 0 Å². The number of carbonyl (C=O) groups excluding carboxylic acids is 2. The average Bonchev–Trinajstić information content (AvgIpc) is 3.35. The van der Waals surface area contributed by atoms with Crippen molar-refractivity contribution in [2.24, 2.45) is 0 Å². The van der Waals surface area contributed by atoms with Gasteiger partial charge >= 0.3 is 0 Å². The van der Waals surface area contributed by atoms with Crippen molar-refractivity contribution in [1.29, 1.82) is 0 Å². The number of carbonyl (C=O) groups is 2. The van der Waals surface area contributed by atoms with Gasteiger partial charge in [-0.15, -0.1) is 0 Å². The van der Waals surface area contributed by atoms with Crippen LogP contribution in [0.5, 0.6) is 0 Å². The number of nitrogens with one attached hydrogen (secondary N) is 1. The molecule has 31 heavy (non-hydrogen) atoms. The van der Waals surface area contributed by atoms with Crippen LogP contribution in [0.4, 0.5) is 17.2 Å². The average molecular weight is 419 g/mol. The van der Waals surface area contributed by atoms with Crippen molar-refractivity contribution in [3.63, 3.8) is 0 Å². The maximum Gasteiger partial charge on any atom is 0.291 e. The van der Waals surface area contributed by atoms with Crippen molar-refractivity contribution in [2.75, 3.05) is 55.4 Å². The molecule has 0 spiro atoms. The monoisotopic (exact) mass is 419 g/mol. The second kappa shape index (κ2) is 8.91. The Kier molecular flexibility index (Phi) is 5.88. The van der Waals surface area contributed by atoms with Crippen LogP contribution in [0.1, 0.15) is 20.9 Å². The van der Waals surface area contributed by atoms with Gasteiger partial charge in [-0.3, -0.25) is 9.59 Å². The molecular formula is C23H25N5O3. The molecule has 3 aromatic rings. The maximum absolute atomic E-state index is 12.9. The number of aromatic nitrogens is 1. The first-order valence-corrected chi connectivity index (χ1v) is 10.1. The summed E-state index contributed by atoms with van der Waals surface area (Å²) in [6.07, 6.45) is 3.08. The van der Waals surface area contributed by atoms with Crippen molar-refractivity contribution in [3.8, 4) is 0 Å². The van der Waals surface area contributed by atoms with E-state index in [2.05, 4.69) is 15.2 Å². The minimum absolute atomic E-state index is 0.0484. The molecule has 0 aliphatic carbocycles. The van der Waals surface area contributed by atoms with Gasteiger partial charge in [0.15, 0.2) is 5.76 Å². The highest BCUT2D eigenvalue weighted by Crippen LogP contribution is 2.19. The Labute approximate surface area is 181 Å². The van der Waals surface area contributed by atoms with Gasteiger partial charge in [0.05, 0.1) is 18.1 Å². The first-order valence-electron chi connectivity index (χ1n) is 10.1. The molecule has 0 bridgehead atoms. The Morgan fingerprint density at radius 1 is 1.03 bits per heavy atom. The van der Waals surface area contributed by atoms with Crippen molar-refractivity contribution in [1.82, 2.24) is 9.88 Å². The van der Waals surface area contributed by atoms with Crippen LogP contribution in [0.25, 0.3) is 0 Å². The normalized spacial score (nSPS) is 13.7. The van der Waals surface area contributed by atoms with E-state index in [1.165, 1.54) is 6.26 Å². The topological polar surface area (TPSA) is 81.9 Å². The minimum Gasteiger partial charge on any atom is -0.459 e. The predicted molar refractivity (Wildman–Crippen MR) is 120 cm³/mol. The van der Waals surface area contributed by atoms with Gasteiger partial charge in [0, 0.05) is 51.5 Å². The van der Waals surface area contributed by atoms with Gasteiger partial charge in [-0.25, -0.2) is 4.98 Å². The lowest BCUT2D eigenvalue weighted by Crippen LogP contribution is -2.49. The maximum atomic E-state index is 12.9. The van der Waals surface area contributed by atoms with E-state index in [4.69, 9.17) is 4.42 Å². The van der Waals surface area contributed by atoms with E-state index in [9.17, 15) is 9.59 Å². The fourth-order valence-corrected chi connectivity index (χ4v) is 3.49. The number of amides is 2. The zero-order chi connectivity index (χ0) is 21.8.